The number of amides is 1. The van der Waals surface area contributed by atoms with Gasteiger partial charge in [-0.15, -0.1) is 0 Å². The Hall–Kier alpha value is -4.38. The van der Waals surface area contributed by atoms with Gasteiger partial charge < -0.3 is 20.1 Å². The Kier molecular flexibility index (Phi) is 6.15. The molecule has 0 bridgehead atoms. The Morgan fingerprint density at radius 1 is 1.10 bits per heavy atom. The number of hydrogen-bond donors (Lipinski definition) is 3. The Morgan fingerprint density at radius 2 is 1.93 bits per heavy atom. The highest BCUT2D eigenvalue weighted by Gasteiger charge is 2.24. The van der Waals surface area contributed by atoms with Gasteiger partial charge >= 0.3 is 0 Å². The fourth-order valence-electron chi connectivity index (χ4n) is 5.87. The first-order chi connectivity index (χ1) is 19.5. The van der Waals surface area contributed by atoms with Crippen molar-refractivity contribution in [2.45, 2.75) is 25.7 Å². The number of nitrogens with one attached hydrogen (secondary N) is 3. The van der Waals surface area contributed by atoms with Crippen LogP contribution in [0.4, 0.5) is 15.8 Å². The van der Waals surface area contributed by atoms with Gasteiger partial charge in [-0.3, -0.25) is 14.9 Å². The summed E-state index contributed by atoms with van der Waals surface area (Å²) in [5.41, 5.74) is 4.81. The molecule has 11 heteroatoms. The Labute approximate surface area is 230 Å². The van der Waals surface area contributed by atoms with Crippen molar-refractivity contribution in [2.24, 2.45) is 5.92 Å². The molecule has 0 radical (unpaired) electrons. The summed E-state index contributed by atoms with van der Waals surface area (Å²) in [7, 11) is 2.12. The molecular formula is C29H30FN9O. The molecule has 3 N–H and O–H groups in total. The number of aromatic nitrogens is 6. The highest BCUT2D eigenvalue weighted by Crippen LogP contribution is 2.35. The van der Waals surface area contributed by atoms with Crippen LogP contribution in [0, 0.1) is 11.7 Å². The number of carbonyl (C=O) groups is 1. The molecule has 5 aromatic rings. The van der Waals surface area contributed by atoms with Crippen molar-refractivity contribution in [1.82, 2.24) is 35.0 Å². The first-order valence-corrected chi connectivity index (χ1v) is 13.8. The number of carbonyl (C=O) groups excluding carboxylic acids is 1. The van der Waals surface area contributed by atoms with Crippen LogP contribution < -0.4 is 10.2 Å². The van der Waals surface area contributed by atoms with Gasteiger partial charge in [0.2, 0.25) is 5.91 Å². The van der Waals surface area contributed by atoms with Crippen LogP contribution in [-0.4, -0.2) is 74.2 Å². The maximum absolute atomic E-state index is 16.2. The van der Waals surface area contributed by atoms with Gasteiger partial charge in [-0.05, 0) is 44.2 Å². The van der Waals surface area contributed by atoms with E-state index in [9.17, 15) is 4.79 Å². The van der Waals surface area contributed by atoms with E-state index in [0.717, 1.165) is 63.1 Å². The van der Waals surface area contributed by atoms with Gasteiger partial charge in [-0.2, -0.15) is 5.10 Å². The number of halogens is 1. The molecule has 40 heavy (non-hydrogen) atoms. The molecule has 1 saturated heterocycles. The quantitative estimate of drug-likeness (QED) is 0.299. The predicted molar refractivity (Wildman–Crippen MR) is 152 cm³/mol. The molecule has 0 atom stereocenters. The number of benzene rings is 1. The molecule has 1 aromatic carbocycles. The highest BCUT2D eigenvalue weighted by atomic mass is 19.1. The lowest BCUT2D eigenvalue weighted by molar-refractivity contribution is -0.119. The maximum Gasteiger partial charge on any atom is 0.227 e. The van der Waals surface area contributed by atoms with Crippen LogP contribution in [0.3, 0.4) is 0 Å². The summed E-state index contributed by atoms with van der Waals surface area (Å²) in [6.07, 6.45) is 8.92. The molecule has 7 rings (SSSR count). The zero-order valence-electron chi connectivity index (χ0n) is 22.2. The zero-order valence-corrected chi connectivity index (χ0v) is 22.2. The maximum atomic E-state index is 16.2. The molecule has 0 spiro atoms. The highest BCUT2D eigenvalue weighted by molar-refractivity contribution is 5.98. The summed E-state index contributed by atoms with van der Waals surface area (Å²) in [4.78, 5) is 34.1. The smallest absolute Gasteiger partial charge is 0.227 e. The van der Waals surface area contributed by atoms with Gasteiger partial charge in [0.05, 0.1) is 28.5 Å². The van der Waals surface area contributed by atoms with E-state index < -0.39 is 5.82 Å². The minimum absolute atomic E-state index is 0.000988. The second kappa shape index (κ2) is 9.98. The topological polar surface area (TPSA) is 119 Å². The molecule has 1 aliphatic heterocycles. The van der Waals surface area contributed by atoms with Gasteiger partial charge in [0, 0.05) is 55.6 Å². The van der Waals surface area contributed by atoms with Crippen molar-refractivity contribution in [3.63, 3.8) is 0 Å². The third-order valence-electron chi connectivity index (χ3n) is 8.14. The number of nitrogens with zero attached hydrogens (tertiary/aromatic N) is 6. The van der Waals surface area contributed by atoms with E-state index in [2.05, 4.69) is 47.3 Å². The van der Waals surface area contributed by atoms with E-state index in [4.69, 9.17) is 4.98 Å². The number of pyridine rings is 2. The van der Waals surface area contributed by atoms with Crippen LogP contribution in [-0.2, 0) is 4.79 Å². The van der Waals surface area contributed by atoms with Gasteiger partial charge in [0.25, 0.3) is 0 Å². The van der Waals surface area contributed by atoms with Crippen molar-refractivity contribution in [2.75, 3.05) is 43.4 Å². The SMILES string of the molecule is CN1CCN(c2ccnc3[nH]c(-c4n[nH]c5ccc(-c6cncc(NC(=O)C7CCCC7)c6)c(F)c45)nc23)CC1. The average Bonchev–Trinajstić information content (AvgIpc) is 3.73. The van der Waals surface area contributed by atoms with Crippen LogP contribution in [0.2, 0.25) is 0 Å². The first-order valence-electron chi connectivity index (χ1n) is 13.8. The lowest BCUT2D eigenvalue weighted by Gasteiger charge is -2.33. The number of H-pyrrole nitrogens is 2. The molecule has 1 aliphatic carbocycles. The largest absolute Gasteiger partial charge is 0.367 e. The van der Waals surface area contributed by atoms with Crippen molar-refractivity contribution in [1.29, 1.82) is 0 Å². The van der Waals surface area contributed by atoms with Crippen LogP contribution in [0.25, 0.3) is 44.7 Å². The van der Waals surface area contributed by atoms with Crippen molar-refractivity contribution < 1.29 is 9.18 Å². The standard InChI is InChI=1S/C29H30FN9O/c1-38-10-12-39(13-11-38)22-8-9-32-27-25(22)34-28(35-27)26-23-21(36-37-26)7-6-20(24(23)30)18-14-19(16-31-15-18)33-29(40)17-4-2-3-5-17/h6-9,14-17H,2-5,10-13H2,1H3,(H,33,40)(H,36,37)(H,32,34,35). The molecule has 1 amide bonds. The molecule has 4 aromatic heterocycles. The Bertz CT molecular complexity index is 1710. The number of hydrogen-bond acceptors (Lipinski definition) is 7. The number of fused-ring (bicyclic) bond motifs is 2. The molecule has 204 valence electrons. The molecule has 5 heterocycles. The fourth-order valence-corrected chi connectivity index (χ4v) is 5.87. The lowest BCUT2D eigenvalue weighted by Crippen LogP contribution is -2.44. The van der Waals surface area contributed by atoms with Crippen molar-refractivity contribution in [3.8, 4) is 22.6 Å². The van der Waals surface area contributed by atoms with Crippen LogP contribution >= 0.6 is 0 Å². The summed E-state index contributed by atoms with van der Waals surface area (Å²) in [5.74, 6) is 0.0383. The number of imidazole rings is 1. The summed E-state index contributed by atoms with van der Waals surface area (Å²) < 4.78 is 16.2. The van der Waals surface area contributed by atoms with Crippen molar-refractivity contribution in [3.05, 3.63) is 48.7 Å². The molecule has 2 fully saturated rings. The van der Waals surface area contributed by atoms with E-state index in [-0.39, 0.29) is 11.8 Å². The third-order valence-corrected chi connectivity index (χ3v) is 8.14. The summed E-state index contributed by atoms with van der Waals surface area (Å²) in [6.45, 7) is 3.74. The lowest BCUT2D eigenvalue weighted by atomic mass is 10.0. The van der Waals surface area contributed by atoms with Gasteiger partial charge in [-0.25, -0.2) is 14.4 Å². The molecule has 10 nitrogen and oxygen atoms in total. The molecular weight excluding hydrogens is 509 g/mol. The van der Waals surface area contributed by atoms with E-state index in [1.165, 1.54) is 0 Å². The normalized spacial score (nSPS) is 16.8. The average molecular weight is 540 g/mol. The number of piperazine rings is 1. The van der Waals surface area contributed by atoms with E-state index in [1.54, 1.807) is 36.8 Å². The number of anilines is 2. The molecule has 1 saturated carbocycles. The van der Waals surface area contributed by atoms with Gasteiger partial charge in [-0.1, -0.05) is 12.8 Å². The second-order valence-corrected chi connectivity index (χ2v) is 10.8. The molecule has 0 unspecified atom stereocenters. The Morgan fingerprint density at radius 3 is 2.75 bits per heavy atom. The monoisotopic (exact) mass is 539 g/mol. The van der Waals surface area contributed by atoms with E-state index >= 15 is 4.39 Å². The molecule has 2 aliphatic rings. The minimum Gasteiger partial charge on any atom is -0.367 e. The summed E-state index contributed by atoms with van der Waals surface area (Å²) >= 11 is 0. The van der Waals surface area contributed by atoms with Crippen LogP contribution in [0.15, 0.2) is 42.9 Å². The van der Waals surface area contributed by atoms with Gasteiger partial charge in [0.1, 0.15) is 17.0 Å². The van der Waals surface area contributed by atoms with E-state index in [0.29, 0.717) is 44.9 Å². The number of rotatable bonds is 5. The zero-order chi connectivity index (χ0) is 27.2. The minimum atomic E-state index is -0.435. The third kappa shape index (κ3) is 4.36. The van der Waals surface area contributed by atoms with Crippen LogP contribution in [0.5, 0.6) is 0 Å². The summed E-state index contributed by atoms with van der Waals surface area (Å²) in [5, 5.41) is 10.7. The number of likely N-dealkylation sites (N-methyl/N-ethyl adjacent to an activating group) is 1. The number of aromatic amines is 2. The Balaban J connectivity index is 1.24. The first kappa shape index (κ1) is 24.6. The fraction of sp³-hybridized carbons (Fsp3) is 0.345. The second-order valence-electron chi connectivity index (χ2n) is 10.8. The van der Waals surface area contributed by atoms with Crippen LogP contribution in [0.1, 0.15) is 25.7 Å². The van der Waals surface area contributed by atoms with Crippen molar-refractivity contribution >= 4 is 39.3 Å². The predicted octanol–water partition coefficient (Wildman–Crippen LogP) is 4.58. The van der Waals surface area contributed by atoms with Gasteiger partial charge in [0.15, 0.2) is 11.5 Å². The summed E-state index contributed by atoms with van der Waals surface area (Å²) in [6, 6.07) is 7.23. The van der Waals surface area contributed by atoms with E-state index in [1.807, 2.05) is 6.07 Å².